The number of H-pyrrole nitrogens is 1. The molecule has 3 aromatic rings. The molecular weight excluding hydrogens is 331 g/mol. The molecule has 5 nitrogen and oxygen atoms in total. The zero-order chi connectivity index (χ0) is 18.5. The number of halogens is 1. The Labute approximate surface area is 151 Å². The molecule has 2 aromatic carbocycles. The third-order valence-corrected chi connectivity index (χ3v) is 4.28. The first-order chi connectivity index (χ1) is 12.6. The number of aromatic nitrogens is 2. The molecule has 1 aromatic heterocycles. The van der Waals surface area contributed by atoms with Crippen molar-refractivity contribution < 1.29 is 9.18 Å². The third-order valence-electron chi connectivity index (χ3n) is 4.28. The molecular formula is C20H21FN4O. The van der Waals surface area contributed by atoms with Gasteiger partial charge in [0, 0.05) is 12.1 Å². The lowest BCUT2D eigenvalue weighted by Crippen LogP contribution is -2.34. The molecule has 1 heterocycles. The van der Waals surface area contributed by atoms with Crippen LogP contribution in [0.25, 0.3) is 11.3 Å². The SMILES string of the molecule is CN(C)[C@H](CNC(=O)c1cn[nH]c1-c1ccc(F)cc1)c1ccccc1. The molecule has 134 valence electrons. The van der Waals surface area contributed by atoms with Gasteiger partial charge in [0.2, 0.25) is 0 Å². The molecule has 1 atom stereocenters. The fraction of sp³-hybridized carbons (Fsp3) is 0.200. The van der Waals surface area contributed by atoms with Crippen molar-refractivity contribution >= 4 is 5.91 Å². The second-order valence-corrected chi connectivity index (χ2v) is 6.27. The van der Waals surface area contributed by atoms with E-state index in [-0.39, 0.29) is 17.8 Å². The molecule has 0 fully saturated rings. The quantitative estimate of drug-likeness (QED) is 0.716. The molecule has 0 aliphatic heterocycles. The van der Waals surface area contributed by atoms with Gasteiger partial charge < -0.3 is 10.2 Å². The lowest BCUT2D eigenvalue weighted by atomic mass is 10.1. The number of rotatable bonds is 6. The minimum Gasteiger partial charge on any atom is -0.350 e. The van der Waals surface area contributed by atoms with Gasteiger partial charge in [0.05, 0.1) is 23.5 Å². The fourth-order valence-corrected chi connectivity index (χ4v) is 2.85. The fourth-order valence-electron chi connectivity index (χ4n) is 2.85. The van der Waals surface area contributed by atoms with E-state index in [2.05, 4.69) is 20.4 Å². The first-order valence-corrected chi connectivity index (χ1v) is 8.35. The largest absolute Gasteiger partial charge is 0.350 e. The number of amides is 1. The van der Waals surface area contributed by atoms with Crippen molar-refractivity contribution in [1.29, 1.82) is 0 Å². The normalized spacial score (nSPS) is 12.2. The van der Waals surface area contributed by atoms with E-state index in [0.29, 0.717) is 23.4 Å². The van der Waals surface area contributed by atoms with E-state index in [1.807, 2.05) is 44.4 Å². The molecule has 6 heteroatoms. The van der Waals surface area contributed by atoms with E-state index in [1.54, 1.807) is 12.1 Å². The molecule has 0 saturated carbocycles. The average molecular weight is 352 g/mol. The number of benzene rings is 2. The van der Waals surface area contributed by atoms with Gasteiger partial charge in [-0.15, -0.1) is 0 Å². The number of carbonyl (C=O) groups is 1. The van der Waals surface area contributed by atoms with Crippen LogP contribution in [0, 0.1) is 5.82 Å². The van der Waals surface area contributed by atoms with Gasteiger partial charge >= 0.3 is 0 Å². The van der Waals surface area contributed by atoms with Gasteiger partial charge in [-0.3, -0.25) is 9.89 Å². The van der Waals surface area contributed by atoms with Crippen molar-refractivity contribution in [3.63, 3.8) is 0 Å². The second-order valence-electron chi connectivity index (χ2n) is 6.27. The monoisotopic (exact) mass is 352 g/mol. The Morgan fingerprint density at radius 3 is 2.50 bits per heavy atom. The van der Waals surface area contributed by atoms with Gasteiger partial charge in [0.25, 0.3) is 5.91 Å². The van der Waals surface area contributed by atoms with Crippen molar-refractivity contribution in [3.05, 3.63) is 77.7 Å². The summed E-state index contributed by atoms with van der Waals surface area (Å²) >= 11 is 0. The van der Waals surface area contributed by atoms with Crippen LogP contribution in [-0.2, 0) is 0 Å². The standard InChI is InChI=1S/C20H21FN4O/c1-25(2)18(14-6-4-3-5-7-14)13-22-20(26)17-12-23-24-19(17)15-8-10-16(21)11-9-15/h3-12,18H,13H2,1-2H3,(H,22,26)(H,23,24)/t18-/m1/s1. The van der Waals surface area contributed by atoms with Gasteiger partial charge in [0.1, 0.15) is 5.82 Å². The molecule has 0 saturated heterocycles. The van der Waals surface area contributed by atoms with Gasteiger partial charge in [-0.2, -0.15) is 5.10 Å². The topological polar surface area (TPSA) is 61.0 Å². The molecule has 0 aliphatic carbocycles. The van der Waals surface area contributed by atoms with Crippen LogP contribution in [0.2, 0.25) is 0 Å². The van der Waals surface area contributed by atoms with Crippen LogP contribution < -0.4 is 5.32 Å². The summed E-state index contributed by atoms with van der Waals surface area (Å²) in [6.45, 7) is 0.462. The third kappa shape index (κ3) is 3.97. The first kappa shape index (κ1) is 17.8. The Kier molecular flexibility index (Phi) is 5.43. The minimum atomic E-state index is -0.323. The molecule has 26 heavy (non-hydrogen) atoms. The highest BCUT2D eigenvalue weighted by Crippen LogP contribution is 2.22. The smallest absolute Gasteiger partial charge is 0.255 e. The van der Waals surface area contributed by atoms with E-state index < -0.39 is 0 Å². The lowest BCUT2D eigenvalue weighted by Gasteiger charge is -2.25. The molecule has 0 aliphatic rings. The number of hydrogen-bond acceptors (Lipinski definition) is 3. The predicted molar refractivity (Wildman–Crippen MR) is 99.2 cm³/mol. The number of nitrogens with one attached hydrogen (secondary N) is 2. The Morgan fingerprint density at radius 1 is 1.15 bits per heavy atom. The lowest BCUT2D eigenvalue weighted by molar-refractivity contribution is 0.0942. The molecule has 3 rings (SSSR count). The van der Waals surface area contributed by atoms with Crippen molar-refractivity contribution in [1.82, 2.24) is 20.4 Å². The Hall–Kier alpha value is -2.99. The number of aromatic amines is 1. The maximum Gasteiger partial charge on any atom is 0.255 e. The van der Waals surface area contributed by atoms with Crippen molar-refractivity contribution in [2.75, 3.05) is 20.6 Å². The zero-order valence-corrected chi connectivity index (χ0v) is 14.7. The molecule has 0 bridgehead atoms. The highest BCUT2D eigenvalue weighted by Gasteiger charge is 2.19. The maximum atomic E-state index is 13.1. The van der Waals surface area contributed by atoms with E-state index >= 15 is 0 Å². The van der Waals surface area contributed by atoms with E-state index in [0.717, 1.165) is 5.56 Å². The van der Waals surface area contributed by atoms with Gasteiger partial charge in [0.15, 0.2) is 0 Å². The summed E-state index contributed by atoms with van der Waals surface area (Å²) in [5.74, 6) is -0.545. The second kappa shape index (κ2) is 7.93. The highest BCUT2D eigenvalue weighted by atomic mass is 19.1. The maximum absolute atomic E-state index is 13.1. The Bertz CT molecular complexity index is 859. The van der Waals surface area contributed by atoms with Crippen LogP contribution in [0.3, 0.4) is 0 Å². The van der Waals surface area contributed by atoms with Crippen molar-refractivity contribution in [2.45, 2.75) is 6.04 Å². The van der Waals surface area contributed by atoms with Crippen LogP contribution in [0.1, 0.15) is 22.0 Å². The van der Waals surface area contributed by atoms with E-state index in [4.69, 9.17) is 0 Å². The predicted octanol–water partition coefficient (Wildman–Crippen LogP) is 3.25. The Balaban J connectivity index is 1.74. The molecule has 1 amide bonds. The van der Waals surface area contributed by atoms with Gasteiger partial charge in [-0.1, -0.05) is 30.3 Å². The van der Waals surface area contributed by atoms with Crippen LogP contribution in [0.4, 0.5) is 4.39 Å². The molecule has 0 spiro atoms. The minimum absolute atomic E-state index is 0.0568. The molecule has 0 unspecified atom stereocenters. The number of carbonyl (C=O) groups excluding carboxylic acids is 1. The van der Waals surface area contributed by atoms with Gasteiger partial charge in [-0.25, -0.2) is 4.39 Å². The zero-order valence-electron chi connectivity index (χ0n) is 14.7. The summed E-state index contributed by atoms with van der Waals surface area (Å²) in [4.78, 5) is 14.7. The number of likely N-dealkylation sites (N-methyl/N-ethyl adjacent to an activating group) is 1. The van der Waals surface area contributed by atoms with Crippen molar-refractivity contribution in [3.8, 4) is 11.3 Å². The number of hydrogen-bond donors (Lipinski definition) is 2. The van der Waals surface area contributed by atoms with E-state index in [1.165, 1.54) is 18.3 Å². The van der Waals surface area contributed by atoms with Crippen LogP contribution in [-0.4, -0.2) is 41.6 Å². The summed E-state index contributed by atoms with van der Waals surface area (Å²) in [5, 5.41) is 9.77. The highest BCUT2D eigenvalue weighted by molar-refractivity contribution is 5.99. The summed E-state index contributed by atoms with van der Waals surface area (Å²) in [5.41, 5.74) is 2.84. The van der Waals surface area contributed by atoms with Gasteiger partial charge in [-0.05, 0) is 43.9 Å². The van der Waals surface area contributed by atoms with Crippen LogP contribution in [0.15, 0.2) is 60.8 Å². The molecule has 2 N–H and O–H groups in total. The molecule has 0 radical (unpaired) electrons. The summed E-state index contributed by atoms with van der Waals surface area (Å²) in [6, 6.07) is 16.0. The summed E-state index contributed by atoms with van der Waals surface area (Å²) in [7, 11) is 3.96. The average Bonchev–Trinajstić information content (AvgIpc) is 3.13. The van der Waals surface area contributed by atoms with Crippen LogP contribution >= 0.6 is 0 Å². The Morgan fingerprint density at radius 2 is 1.85 bits per heavy atom. The summed E-state index contributed by atoms with van der Waals surface area (Å²) < 4.78 is 13.1. The first-order valence-electron chi connectivity index (χ1n) is 8.35. The number of nitrogens with zero attached hydrogens (tertiary/aromatic N) is 2. The van der Waals surface area contributed by atoms with Crippen LogP contribution in [0.5, 0.6) is 0 Å². The summed E-state index contributed by atoms with van der Waals surface area (Å²) in [6.07, 6.45) is 1.49. The van der Waals surface area contributed by atoms with Crippen molar-refractivity contribution in [2.24, 2.45) is 0 Å². The van der Waals surface area contributed by atoms with E-state index in [9.17, 15) is 9.18 Å².